The molecule has 0 aromatic heterocycles. The van der Waals surface area contributed by atoms with Crippen molar-refractivity contribution >= 4 is 23.3 Å². The Labute approximate surface area is 191 Å². The largest absolute Gasteiger partial charge is 0.493 e. The van der Waals surface area contributed by atoms with E-state index in [9.17, 15) is 4.79 Å². The molecule has 162 valence electrons. The predicted molar refractivity (Wildman–Crippen MR) is 121 cm³/mol. The number of rotatable bonds is 4. The van der Waals surface area contributed by atoms with Gasteiger partial charge in [0.2, 0.25) is 6.23 Å². The number of nitrogens with zero attached hydrogens (tertiary/aromatic N) is 2. The fourth-order valence-electron chi connectivity index (χ4n) is 4.18. The Kier molecular flexibility index (Phi) is 5.23. The van der Waals surface area contributed by atoms with Crippen molar-refractivity contribution in [1.29, 1.82) is 0 Å². The zero-order valence-corrected chi connectivity index (χ0v) is 18.4. The van der Waals surface area contributed by atoms with E-state index in [0.29, 0.717) is 22.1 Å². The van der Waals surface area contributed by atoms with Crippen molar-refractivity contribution in [1.82, 2.24) is 5.01 Å². The molecule has 0 amide bonds. The molecule has 3 aromatic rings. The molecule has 0 saturated heterocycles. The van der Waals surface area contributed by atoms with E-state index in [1.165, 1.54) is 7.11 Å². The summed E-state index contributed by atoms with van der Waals surface area (Å²) in [6.45, 7) is 0. The highest BCUT2D eigenvalue weighted by Gasteiger charge is 2.42. The molecule has 6 nitrogen and oxygen atoms in total. The number of fused-ring (bicyclic) bond motifs is 3. The Bertz CT molecular complexity index is 1190. The lowest BCUT2D eigenvalue weighted by molar-refractivity contribution is -0.0209. The molecule has 0 unspecified atom stereocenters. The van der Waals surface area contributed by atoms with E-state index in [1.807, 2.05) is 59.6 Å². The summed E-state index contributed by atoms with van der Waals surface area (Å²) in [6, 6.07) is 20.8. The summed E-state index contributed by atoms with van der Waals surface area (Å²) in [5, 5.41) is 7.62. The van der Waals surface area contributed by atoms with Gasteiger partial charge in [-0.2, -0.15) is 5.10 Å². The summed E-state index contributed by atoms with van der Waals surface area (Å²) in [6.07, 6.45) is 0.252. The van der Waals surface area contributed by atoms with E-state index in [-0.39, 0.29) is 12.0 Å². The van der Waals surface area contributed by atoms with Crippen LogP contribution in [0.2, 0.25) is 5.02 Å². The van der Waals surface area contributed by atoms with Gasteiger partial charge in [-0.25, -0.2) is 9.80 Å². The fourth-order valence-corrected chi connectivity index (χ4v) is 4.31. The summed E-state index contributed by atoms with van der Waals surface area (Å²) in [7, 11) is 3.00. The van der Waals surface area contributed by atoms with Crippen LogP contribution in [0.3, 0.4) is 0 Å². The monoisotopic (exact) mass is 448 g/mol. The number of esters is 1. The third-order valence-corrected chi connectivity index (χ3v) is 6.05. The first-order chi connectivity index (χ1) is 15.6. The van der Waals surface area contributed by atoms with E-state index in [0.717, 1.165) is 28.8 Å². The Morgan fingerprint density at radius 2 is 1.81 bits per heavy atom. The second-order valence-corrected chi connectivity index (χ2v) is 8.05. The third-order valence-electron chi connectivity index (χ3n) is 5.79. The van der Waals surface area contributed by atoms with Crippen LogP contribution in [0.5, 0.6) is 11.5 Å². The zero-order chi connectivity index (χ0) is 22.2. The summed E-state index contributed by atoms with van der Waals surface area (Å²) in [4.78, 5) is 11.8. The molecular formula is C25H21ClN2O4. The standard InChI is InChI=1S/C25H21ClN2O4/c1-30-22-5-3-4-19-21-14-20(15-10-12-18(26)13-11-15)27-28(21)24(32-23(19)22)16-6-8-17(9-7-16)25(29)31-2/h3-13,21,24H,14H2,1-2H3/t21-,24-/m0/s1. The van der Waals surface area contributed by atoms with Crippen molar-refractivity contribution in [3.63, 3.8) is 0 Å². The minimum atomic E-state index is -0.472. The minimum absolute atomic E-state index is 0.00943. The van der Waals surface area contributed by atoms with Gasteiger partial charge in [0.25, 0.3) is 0 Å². The number of hydrazone groups is 1. The molecule has 2 aliphatic rings. The number of para-hydroxylation sites is 1. The van der Waals surface area contributed by atoms with E-state index < -0.39 is 6.23 Å². The van der Waals surface area contributed by atoms with E-state index in [1.54, 1.807) is 19.2 Å². The average molecular weight is 449 g/mol. The second-order valence-electron chi connectivity index (χ2n) is 7.62. The Morgan fingerprint density at radius 1 is 1.06 bits per heavy atom. The highest BCUT2D eigenvalue weighted by Crippen LogP contribution is 2.50. The lowest BCUT2D eigenvalue weighted by Gasteiger charge is -2.38. The smallest absolute Gasteiger partial charge is 0.337 e. The quantitative estimate of drug-likeness (QED) is 0.501. The minimum Gasteiger partial charge on any atom is -0.493 e. The summed E-state index contributed by atoms with van der Waals surface area (Å²) in [5.74, 6) is 1.01. The topological polar surface area (TPSA) is 60.4 Å². The maximum atomic E-state index is 11.8. The Hall–Kier alpha value is -3.51. The third kappa shape index (κ3) is 3.46. The molecule has 0 fully saturated rings. The number of ether oxygens (including phenoxy) is 3. The molecule has 5 rings (SSSR count). The number of carbonyl (C=O) groups excluding carboxylic acids is 1. The normalized spacial score (nSPS) is 18.8. The molecule has 0 aliphatic carbocycles. The van der Waals surface area contributed by atoms with E-state index in [2.05, 4.69) is 0 Å². The molecule has 0 N–H and O–H groups in total. The first-order valence-corrected chi connectivity index (χ1v) is 10.6. The van der Waals surface area contributed by atoms with Gasteiger partial charge in [0.1, 0.15) is 0 Å². The van der Waals surface area contributed by atoms with Crippen molar-refractivity contribution in [3.8, 4) is 11.5 Å². The van der Waals surface area contributed by atoms with Crippen LogP contribution in [-0.2, 0) is 4.74 Å². The first kappa shape index (κ1) is 20.4. The van der Waals surface area contributed by atoms with Gasteiger partial charge in [-0.3, -0.25) is 0 Å². The van der Waals surface area contributed by atoms with Crippen molar-refractivity contribution in [2.75, 3.05) is 14.2 Å². The van der Waals surface area contributed by atoms with Crippen LogP contribution in [0.25, 0.3) is 0 Å². The molecule has 0 saturated carbocycles. The summed E-state index contributed by atoms with van der Waals surface area (Å²) < 4.78 is 16.8. The van der Waals surface area contributed by atoms with E-state index >= 15 is 0 Å². The van der Waals surface area contributed by atoms with Gasteiger partial charge in [-0.15, -0.1) is 0 Å². The number of methoxy groups -OCH3 is 2. The maximum absolute atomic E-state index is 11.8. The lowest BCUT2D eigenvalue weighted by Crippen LogP contribution is -2.33. The van der Waals surface area contributed by atoms with Crippen LogP contribution >= 0.6 is 11.6 Å². The van der Waals surface area contributed by atoms with Crippen LogP contribution in [-0.4, -0.2) is 30.9 Å². The lowest BCUT2D eigenvalue weighted by atomic mass is 9.95. The zero-order valence-electron chi connectivity index (χ0n) is 17.6. The summed E-state index contributed by atoms with van der Waals surface area (Å²) >= 11 is 6.07. The molecule has 0 radical (unpaired) electrons. The Morgan fingerprint density at radius 3 is 2.50 bits per heavy atom. The van der Waals surface area contributed by atoms with Crippen molar-refractivity contribution in [2.24, 2.45) is 5.10 Å². The number of hydrogen-bond acceptors (Lipinski definition) is 6. The molecule has 2 aliphatic heterocycles. The SMILES string of the molecule is COC(=O)c1ccc([C@@H]2Oc3c(OC)cccc3[C@@H]3CC(c4ccc(Cl)cc4)=NN32)cc1. The van der Waals surface area contributed by atoms with Gasteiger partial charge < -0.3 is 14.2 Å². The van der Waals surface area contributed by atoms with Gasteiger partial charge >= 0.3 is 5.97 Å². The molecule has 2 heterocycles. The van der Waals surface area contributed by atoms with Gasteiger partial charge in [-0.05, 0) is 35.9 Å². The average Bonchev–Trinajstić information content (AvgIpc) is 3.29. The maximum Gasteiger partial charge on any atom is 0.337 e. The molecule has 2 atom stereocenters. The van der Waals surface area contributed by atoms with Crippen molar-refractivity contribution in [3.05, 3.63) is 94.0 Å². The number of halogens is 1. The van der Waals surface area contributed by atoms with Crippen LogP contribution in [0.4, 0.5) is 0 Å². The molecule has 32 heavy (non-hydrogen) atoms. The molecule has 3 aromatic carbocycles. The number of benzene rings is 3. The highest BCUT2D eigenvalue weighted by molar-refractivity contribution is 6.30. The first-order valence-electron chi connectivity index (χ1n) is 10.2. The Balaban J connectivity index is 1.57. The van der Waals surface area contributed by atoms with Gasteiger partial charge in [0.05, 0.1) is 31.5 Å². The van der Waals surface area contributed by atoms with Crippen LogP contribution in [0, 0.1) is 0 Å². The second kappa shape index (κ2) is 8.20. The van der Waals surface area contributed by atoms with Gasteiger partial charge in [0, 0.05) is 22.6 Å². The molecule has 0 bridgehead atoms. The van der Waals surface area contributed by atoms with E-state index in [4.69, 9.17) is 30.9 Å². The van der Waals surface area contributed by atoms with Crippen molar-refractivity contribution < 1.29 is 19.0 Å². The van der Waals surface area contributed by atoms with Crippen LogP contribution in [0.1, 0.15) is 45.7 Å². The molecule has 7 heteroatoms. The molecular weight excluding hydrogens is 428 g/mol. The highest BCUT2D eigenvalue weighted by atomic mass is 35.5. The summed E-state index contributed by atoms with van der Waals surface area (Å²) in [5.41, 5.74) is 4.36. The number of carbonyl (C=O) groups is 1. The molecule has 0 spiro atoms. The van der Waals surface area contributed by atoms with Crippen LogP contribution < -0.4 is 9.47 Å². The van der Waals surface area contributed by atoms with Gasteiger partial charge in [0.15, 0.2) is 11.5 Å². The number of hydrogen-bond donors (Lipinski definition) is 0. The van der Waals surface area contributed by atoms with Gasteiger partial charge in [-0.1, -0.05) is 48.0 Å². The van der Waals surface area contributed by atoms with Crippen molar-refractivity contribution in [2.45, 2.75) is 18.7 Å². The predicted octanol–water partition coefficient (Wildman–Crippen LogP) is 5.38. The van der Waals surface area contributed by atoms with Crippen LogP contribution in [0.15, 0.2) is 71.8 Å². The fraction of sp³-hybridized carbons (Fsp3) is 0.200.